The molecule has 37 heavy (non-hydrogen) atoms. The molecular weight excluding hydrogens is 471 g/mol. The van der Waals surface area contributed by atoms with Crippen molar-refractivity contribution in [3.8, 4) is 0 Å². The summed E-state index contributed by atoms with van der Waals surface area (Å²) in [5.41, 5.74) is 7.24. The summed E-state index contributed by atoms with van der Waals surface area (Å²) < 4.78 is 20.5. The van der Waals surface area contributed by atoms with Crippen LogP contribution >= 0.6 is 0 Å². The van der Waals surface area contributed by atoms with E-state index in [0.717, 1.165) is 33.3 Å². The molecule has 2 N–H and O–H groups in total. The van der Waals surface area contributed by atoms with Gasteiger partial charge >= 0.3 is 6.09 Å². The van der Waals surface area contributed by atoms with Crippen molar-refractivity contribution in [3.05, 3.63) is 107 Å². The van der Waals surface area contributed by atoms with Crippen LogP contribution in [0.15, 0.2) is 84.0 Å². The minimum Gasteiger partial charge on any atom is -0.450 e. The number of ether oxygens (including phenoxy) is 1. The van der Waals surface area contributed by atoms with E-state index in [0.29, 0.717) is 6.54 Å². The van der Waals surface area contributed by atoms with E-state index in [1.54, 1.807) is 25.3 Å². The van der Waals surface area contributed by atoms with Gasteiger partial charge in [-0.1, -0.05) is 60.7 Å². The molecule has 0 aliphatic heterocycles. The van der Waals surface area contributed by atoms with Crippen LogP contribution in [-0.4, -0.2) is 35.4 Å². The van der Waals surface area contributed by atoms with E-state index in [2.05, 4.69) is 20.4 Å². The first-order valence-electron chi connectivity index (χ1n) is 12.1. The van der Waals surface area contributed by atoms with Gasteiger partial charge in [0.2, 0.25) is 0 Å². The number of nitrogens with one attached hydrogen (secondary N) is 2. The summed E-state index contributed by atoms with van der Waals surface area (Å²) >= 11 is 0. The fraction of sp³-hybridized carbons (Fsp3) is 0.207. The van der Waals surface area contributed by atoms with E-state index in [4.69, 9.17) is 4.74 Å². The summed E-state index contributed by atoms with van der Waals surface area (Å²) in [6, 6.07) is 22.9. The lowest BCUT2D eigenvalue weighted by molar-refractivity contribution is -0.123. The maximum Gasteiger partial charge on any atom is 0.407 e. The Morgan fingerprint density at radius 3 is 2.43 bits per heavy atom. The first-order chi connectivity index (χ1) is 18.0. The standard InChI is InChI=1S/C29H29FN4O3/c1-3-37-29(36)32-26(17-21-9-5-4-6-10-21)28(35)33-31-18-25-20(2)34(27-12-8-7-11-24(25)27)19-22-13-15-23(30)16-14-22/h4-16,18,26H,3,17,19H2,1-2H3,(H,32,36)(H,33,35)/b31-18-/t26-/m0/s1. The van der Waals surface area contributed by atoms with E-state index in [1.165, 1.54) is 12.1 Å². The second-order valence-electron chi connectivity index (χ2n) is 8.57. The zero-order valence-electron chi connectivity index (χ0n) is 20.8. The monoisotopic (exact) mass is 500 g/mol. The minimum atomic E-state index is -0.862. The summed E-state index contributed by atoms with van der Waals surface area (Å²) in [4.78, 5) is 25.0. The Labute approximate surface area is 214 Å². The molecule has 3 aromatic carbocycles. The van der Waals surface area contributed by atoms with Gasteiger partial charge in [0.1, 0.15) is 11.9 Å². The fourth-order valence-corrected chi connectivity index (χ4v) is 4.21. The number of para-hydroxylation sites is 1. The van der Waals surface area contributed by atoms with E-state index in [9.17, 15) is 14.0 Å². The molecule has 0 saturated carbocycles. The Bertz CT molecular complexity index is 1400. The third-order valence-corrected chi connectivity index (χ3v) is 6.07. The molecule has 0 fully saturated rings. The summed E-state index contributed by atoms with van der Waals surface area (Å²) in [5, 5.41) is 7.81. The molecular formula is C29H29FN4O3. The van der Waals surface area contributed by atoms with Crippen molar-refractivity contribution >= 4 is 29.1 Å². The molecule has 1 aromatic heterocycles. The van der Waals surface area contributed by atoms with Gasteiger partial charge in [0.15, 0.2) is 0 Å². The Hall–Kier alpha value is -4.46. The van der Waals surface area contributed by atoms with Crippen LogP contribution in [-0.2, 0) is 22.5 Å². The van der Waals surface area contributed by atoms with E-state index in [1.807, 2.05) is 61.5 Å². The first kappa shape index (κ1) is 25.6. The molecule has 0 aliphatic carbocycles. The van der Waals surface area contributed by atoms with E-state index in [-0.39, 0.29) is 18.8 Å². The number of nitrogens with zero attached hydrogens (tertiary/aromatic N) is 2. The van der Waals surface area contributed by atoms with Crippen molar-refractivity contribution in [1.29, 1.82) is 0 Å². The first-order valence-corrected chi connectivity index (χ1v) is 12.1. The van der Waals surface area contributed by atoms with Crippen LogP contribution < -0.4 is 10.7 Å². The van der Waals surface area contributed by atoms with Gasteiger partial charge in [-0.25, -0.2) is 14.6 Å². The van der Waals surface area contributed by atoms with Gasteiger partial charge in [0.05, 0.1) is 12.8 Å². The molecule has 7 nitrogen and oxygen atoms in total. The van der Waals surface area contributed by atoms with E-state index < -0.39 is 18.0 Å². The highest BCUT2D eigenvalue weighted by Gasteiger charge is 2.22. The van der Waals surface area contributed by atoms with Crippen LogP contribution in [0, 0.1) is 12.7 Å². The molecule has 0 saturated heterocycles. The SMILES string of the molecule is CCOC(=O)N[C@@H](Cc1ccccc1)C(=O)N/N=C\c1c(C)n(Cc2ccc(F)cc2)c2ccccc12. The van der Waals surface area contributed by atoms with Crippen LogP contribution in [0.5, 0.6) is 0 Å². The summed E-state index contributed by atoms with van der Waals surface area (Å²) in [6.45, 7) is 4.44. The number of benzene rings is 3. The number of amides is 2. The number of carbonyl (C=O) groups excluding carboxylic acids is 2. The van der Waals surface area contributed by atoms with Gasteiger partial charge in [0.25, 0.3) is 5.91 Å². The highest BCUT2D eigenvalue weighted by atomic mass is 19.1. The van der Waals surface area contributed by atoms with Crippen molar-refractivity contribution in [2.24, 2.45) is 5.10 Å². The molecule has 1 heterocycles. The summed E-state index contributed by atoms with van der Waals surface area (Å²) in [7, 11) is 0. The van der Waals surface area contributed by atoms with Gasteiger partial charge in [-0.2, -0.15) is 5.10 Å². The van der Waals surface area contributed by atoms with Crippen LogP contribution in [0.2, 0.25) is 0 Å². The number of hydrogen-bond acceptors (Lipinski definition) is 4. The highest BCUT2D eigenvalue weighted by Crippen LogP contribution is 2.25. The number of alkyl carbamates (subject to hydrolysis) is 1. The number of hydrazone groups is 1. The van der Waals surface area contributed by atoms with Gasteiger partial charge in [-0.3, -0.25) is 4.79 Å². The minimum absolute atomic E-state index is 0.199. The number of rotatable bonds is 9. The largest absolute Gasteiger partial charge is 0.450 e. The van der Waals surface area contributed by atoms with Gasteiger partial charge < -0.3 is 14.6 Å². The topological polar surface area (TPSA) is 84.7 Å². The number of aromatic nitrogens is 1. The van der Waals surface area contributed by atoms with Gasteiger partial charge in [0, 0.05) is 35.1 Å². The molecule has 0 radical (unpaired) electrons. The number of carbonyl (C=O) groups is 2. The summed E-state index contributed by atoms with van der Waals surface area (Å²) in [6.07, 6.45) is 1.24. The average Bonchev–Trinajstić information content (AvgIpc) is 3.16. The van der Waals surface area contributed by atoms with Crippen molar-refractivity contribution in [2.45, 2.75) is 32.9 Å². The second kappa shape index (κ2) is 12.0. The lowest BCUT2D eigenvalue weighted by atomic mass is 10.1. The molecule has 0 bridgehead atoms. The number of fused-ring (bicyclic) bond motifs is 1. The maximum atomic E-state index is 13.4. The molecule has 0 spiro atoms. The fourth-order valence-electron chi connectivity index (χ4n) is 4.21. The smallest absolute Gasteiger partial charge is 0.407 e. The molecule has 2 amide bonds. The van der Waals surface area contributed by atoms with Gasteiger partial charge in [-0.05, 0) is 43.2 Å². The normalized spacial score (nSPS) is 12.0. The number of hydrogen-bond donors (Lipinski definition) is 2. The van der Waals surface area contributed by atoms with Crippen LogP contribution in [0.3, 0.4) is 0 Å². The molecule has 4 rings (SSSR count). The number of halogens is 1. The average molecular weight is 501 g/mol. The van der Waals surface area contributed by atoms with Crippen LogP contribution in [0.1, 0.15) is 29.3 Å². The molecule has 1 atom stereocenters. The van der Waals surface area contributed by atoms with Crippen molar-refractivity contribution in [1.82, 2.24) is 15.3 Å². The zero-order chi connectivity index (χ0) is 26.2. The van der Waals surface area contributed by atoms with Crippen molar-refractivity contribution < 1.29 is 18.7 Å². The second-order valence-corrected chi connectivity index (χ2v) is 8.57. The molecule has 0 aliphatic rings. The van der Waals surface area contributed by atoms with Crippen molar-refractivity contribution in [2.75, 3.05) is 6.61 Å². The molecule has 8 heteroatoms. The van der Waals surface area contributed by atoms with Crippen LogP contribution in [0.4, 0.5) is 9.18 Å². The predicted octanol–water partition coefficient (Wildman–Crippen LogP) is 4.94. The lowest BCUT2D eigenvalue weighted by Crippen LogP contribution is -2.47. The van der Waals surface area contributed by atoms with Crippen LogP contribution in [0.25, 0.3) is 10.9 Å². The van der Waals surface area contributed by atoms with E-state index >= 15 is 0 Å². The zero-order valence-corrected chi connectivity index (χ0v) is 20.8. The Kier molecular flexibility index (Phi) is 8.30. The summed E-state index contributed by atoms with van der Waals surface area (Å²) in [5.74, 6) is -0.731. The third-order valence-electron chi connectivity index (χ3n) is 6.07. The third kappa shape index (κ3) is 6.41. The Morgan fingerprint density at radius 2 is 1.70 bits per heavy atom. The Morgan fingerprint density at radius 1 is 1.00 bits per heavy atom. The molecule has 0 unspecified atom stereocenters. The quantitative estimate of drug-likeness (QED) is 0.252. The predicted molar refractivity (Wildman–Crippen MR) is 142 cm³/mol. The maximum absolute atomic E-state index is 13.4. The molecule has 190 valence electrons. The Balaban J connectivity index is 1.54. The van der Waals surface area contributed by atoms with Gasteiger partial charge in [-0.15, -0.1) is 0 Å². The lowest BCUT2D eigenvalue weighted by Gasteiger charge is -2.16. The highest BCUT2D eigenvalue weighted by molar-refractivity contribution is 6.01. The van der Waals surface area contributed by atoms with Crippen molar-refractivity contribution in [3.63, 3.8) is 0 Å². The molecule has 4 aromatic rings.